The third-order valence-corrected chi connectivity index (χ3v) is 5.51. The van der Waals surface area contributed by atoms with E-state index in [9.17, 15) is 5.11 Å². The molecule has 2 heterocycles. The van der Waals surface area contributed by atoms with Gasteiger partial charge in [0.1, 0.15) is 22.1 Å². The van der Waals surface area contributed by atoms with Crippen molar-refractivity contribution in [2.45, 2.75) is 37.6 Å². The molecule has 0 atom stereocenters. The molecule has 1 aromatic heterocycles. The third-order valence-electron chi connectivity index (χ3n) is 4.46. The van der Waals surface area contributed by atoms with Gasteiger partial charge in [0, 0.05) is 0 Å². The Morgan fingerprint density at radius 2 is 1.90 bits per heavy atom. The van der Waals surface area contributed by atoms with Gasteiger partial charge in [0.25, 0.3) is 0 Å². The molecule has 0 unspecified atom stereocenters. The van der Waals surface area contributed by atoms with Gasteiger partial charge in [-0.05, 0) is 25.0 Å². The quantitative estimate of drug-likeness (QED) is 0.844. The van der Waals surface area contributed by atoms with Crippen LogP contribution in [-0.2, 0) is 0 Å². The molecule has 1 spiro atoms. The summed E-state index contributed by atoms with van der Waals surface area (Å²) < 4.78 is 1.10. The van der Waals surface area contributed by atoms with Gasteiger partial charge < -0.3 is 10.8 Å². The lowest BCUT2D eigenvalue weighted by Gasteiger charge is -2.30. The molecule has 2 aliphatic rings. The zero-order chi connectivity index (χ0) is 14.4. The van der Waals surface area contributed by atoms with Crippen molar-refractivity contribution in [1.82, 2.24) is 4.98 Å². The molecule has 5 heteroatoms. The van der Waals surface area contributed by atoms with Crippen LogP contribution in [0, 0.1) is 0 Å². The number of hydrogen-bond donors (Lipinski definition) is 2. The Bertz CT molecular complexity index is 736. The second-order valence-corrected chi connectivity index (χ2v) is 6.83. The van der Waals surface area contributed by atoms with E-state index in [0.717, 1.165) is 40.9 Å². The minimum Gasteiger partial charge on any atom is -0.509 e. The number of nitrogens with two attached hydrogens (primary N) is 1. The van der Waals surface area contributed by atoms with Gasteiger partial charge in [-0.3, -0.25) is 4.99 Å². The standard InChI is InChI=1S/C16H17N3OS/c17-14-12(13(20)16(19-14)8-4-1-5-9-16)15-18-10-6-2-3-7-11(10)21-15/h2-3,6-7,20H,1,4-5,8-9H2,(H2,17,19). The van der Waals surface area contributed by atoms with Crippen LogP contribution in [0.2, 0.25) is 0 Å². The van der Waals surface area contributed by atoms with Crippen molar-refractivity contribution >= 4 is 33.0 Å². The summed E-state index contributed by atoms with van der Waals surface area (Å²) in [5.41, 5.74) is 7.24. The van der Waals surface area contributed by atoms with E-state index in [2.05, 4.69) is 9.98 Å². The highest BCUT2D eigenvalue weighted by Gasteiger charge is 2.43. The van der Waals surface area contributed by atoms with Crippen molar-refractivity contribution in [3.8, 4) is 0 Å². The van der Waals surface area contributed by atoms with E-state index in [0.29, 0.717) is 17.2 Å². The van der Waals surface area contributed by atoms with Crippen LogP contribution in [-0.4, -0.2) is 21.5 Å². The van der Waals surface area contributed by atoms with Gasteiger partial charge in [0.05, 0.1) is 15.8 Å². The number of amidine groups is 1. The maximum atomic E-state index is 10.8. The molecule has 0 radical (unpaired) electrons. The number of aliphatic imine (C=N–C) groups is 1. The fourth-order valence-electron chi connectivity index (χ4n) is 3.37. The molecular weight excluding hydrogens is 282 g/mol. The summed E-state index contributed by atoms with van der Waals surface area (Å²) in [6, 6.07) is 7.97. The molecule has 1 aromatic carbocycles. The Labute approximate surface area is 127 Å². The summed E-state index contributed by atoms with van der Waals surface area (Å²) in [5.74, 6) is 0.771. The van der Waals surface area contributed by atoms with Crippen LogP contribution in [0.5, 0.6) is 0 Å². The van der Waals surface area contributed by atoms with E-state index in [1.54, 1.807) is 11.3 Å². The van der Waals surface area contributed by atoms with Gasteiger partial charge in [-0.2, -0.15) is 0 Å². The minimum absolute atomic E-state index is 0.332. The van der Waals surface area contributed by atoms with Crippen molar-refractivity contribution in [3.05, 3.63) is 35.0 Å². The first kappa shape index (κ1) is 12.8. The van der Waals surface area contributed by atoms with Crippen LogP contribution in [0.25, 0.3) is 15.8 Å². The maximum Gasteiger partial charge on any atom is 0.134 e. The lowest BCUT2D eigenvalue weighted by molar-refractivity contribution is 0.246. The first-order chi connectivity index (χ1) is 10.2. The van der Waals surface area contributed by atoms with Crippen LogP contribution < -0.4 is 5.73 Å². The molecule has 1 fully saturated rings. The Balaban J connectivity index is 1.85. The molecule has 1 aliphatic heterocycles. The van der Waals surface area contributed by atoms with Gasteiger partial charge in [-0.15, -0.1) is 11.3 Å². The molecule has 0 amide bonds. The second-order valence-electron chi connectivity index (χ2n) is 5.80. The van der Waals surface area contributed by atoms with E-state index in [1.165, 1.54) is 6.42 Å². The zero-order valence-corrected chi connectivity index (χ0v) is 12.5. The van der Waals surface area contributed by atoms with E-state index in [-0.39, 0.29) is 0 Å². The van der Waals surface area contributed by atoms with E-state index in [4.69, 9.17) is 5.73 Å². The summed E-state index contributed by atoms with van der Waals surface area (Å²) >= 11 is 1.56. The first-order valence-electron chi connectivity index (χ1n) is 7.35. The molecule has 2 aromatic rings. The van der Waals surface area contributed by atoms with Crippen molar-refractivity contribution < 1.29 is 5.11 Å². The smallest absolute Gasteiger partial charge is 0.134 e. The molecule has 0 saturated heterocycles. The van der Waals surface area contributed by atoms with Gasteiger partial charge in [-0.25, -0.2) is 4.98 Å². The van der Waals surface area contributed by atoms with E-state index in [1.807, 2.05) is 24.3 Å². The third kappa shape index (κ3) is 1.87. The molecule has 3 N–H and O–H groups in total. The molecule has 1 saturated carbocycles. The molecule has 1 aliphatic carbocycles. The number of fused-ring (bicyclic) bond motifs is 1. The average molecular weight is 299 g/mol. The molecule has 4 rings (SSSR count). The number of aliphatic hydroxyl groups excluding tert-OH is 1. The summed E-state index contributed by atoms with van der Waals surface area (Å²) in [6.45, 7) is 0. The Hall–Kier alpha value is -1.88. The number of thiazole rings is 1. The van der Waals surface area contributed by atoms with Crippen LogP contribution in [0.4, 0.5) is 0 Å². The highest BCUT2D eigenvalue weighted by molar-refractivity contribution is 7.19. The summed E-state index contributed by atoms with van der Waals surface area (Å²) in [7, 11) is 0. The first-order valence-corrected chi connectivity index (χ1v) is 8.17. The molecular formula is C16H17N3OS. The monoisotopic (exact) mass is 299 g/mol. The number of aliphatic hydroxyl groups is 1. The van der Waals surface area contributed by atoms with Crippen LogP contribution in [0.15, 0.2) is 35.0 Å². The van der Waals surface area contributed by atoms with Crippen molar-refractivity contribution in [2.75, 3.05) is 0 Å². The van der Waals surface area contributed by atoms with Crippen molar-refractivity contribution in [3.63, 3.8) is 0 Å². The number of nitrogens with zero attached hydrogens (tertiary/aromatic N) is 2. The minimum atomic E-state index is -0.477. The second kappa shape index (κ2) is 4.56. The number of para-hydroxylation sites is 1. The summed E-state index contributed by atoms with van der Waals surface area (Å²) in [4.78, 5) is 9.24. The largest absolute Gasteiger partial charge is 0.509 e. The molecule has 0 bridgehead atoms. The number of benzene rings is 1. The van der Waals surface area contributed by atoms with Gasteiger partial charge in [-0.1, -0.05) is 31.4 Å². The van der Waals surface area contributed by atoms with Crippen LogP contribution in [0.3, 0.4) is 0 Å². The van der Waals surface area contributed by atoms with Gasteiger partial charge in [0.15, 0.2) is 0 Å². The topological polar surface area (TPSA) is 71.5 Å². The van der Waals surface area contributed by atoms with Crippen molar-refractivity contribution in [1.29, 1.82) is 0 Å². The summed E-state index contributed by atoms with van der Waals surface area (Å²) in [6.07, 6.45) is 5.16. The zero-order valence-electron chi connectivity index (χ0n) is 11.7. The van der Waals surface area contributed by atoms with Crippen molar-refractivity contribution in [2.24, 2.45) is 10.7 Å². The number of hydrogen-bond acceptors (Lipinski definition) is 5. The van der Waals surface area contributed by atoms with Crippen LogP contribution in [0.1, 0.15) is 37.1 Å². The van der Waals surface area contributed by atoms with Crippen LogP contribution >= 0.6 is 11.3 Å². The Morgan fingerprint density at radius 3 is 2.67 bits per heavy atom. The molecule has 4 nitrogen and oxygen atoms in total. The normalized spacial score (nSPS) is 21.2. The predicted molar refractivity (Wildman–Crippen MR) is 86.6 cm³/mol. The maximum absolute atomic E-state index is 10.8. The Morgan fingerprint density at radius 1 is 1.14 bits per heavy atom. The van der Waals surface area contributed by atoms with E-state index >= 15 is 0 Å². The lowest BCUT2D eigenvalue weighted by Crippen LogP contribution is -2.30. The SMILES string of the molecule is NC1=NC2(CCCCC2)C(O)=C1c1nc2ccccc2s1. The highest BCUT2D eigenvalue weighted by Crippen LogP contribution is 2.44. The molecule has 21 heavy (non-hydrogen) atoms. The van der Waals surface area contributed by atoms with Gasteiger partial charge in [0.2, 0.25) is 0 Å². The Kier molecular flexibility index (Phi) is 2.79. The molecule has 108 valence electrons. The van der Waals surface area contributed by atoms with Gasteiger partial charge >= 0.3 is 0 Å². The predicted octanol–water partition coefficient (Wildman–Crippen LogP) is 3.64. The fraction of sp³-hybridized carbons (Fsp3) is 0.375. The summed E-state index contributed by atoms with van der Waals surface area (Å²) in [5, 5.41) is 11.5. The highest BCUT2D eigenvalue weighted by atomic mass is 32.1. The number of aromatic nitrogens is 1. The number of rotatable bonds is 1. The fourth-order valence-corrected chi connectivity index (χ4v) is 4.39. The lowest BCUT2D eigenvalue weighted by atomic mass is 9.81. The van der Waals surface area contributed by atoms with E-state index < -0.39 is 5.54 Å². The average Bonchev–Trinajstić information content (AvgIpc) is 3.00.